The lowest BCUT2D eigenvalue weighted by Gasteiger charge is -2.34. The zero-order chi connectivity index (χ0) is 13.3. The van der Waals surface area contributed by atoms with Crippen LogP contribution in [0.4, 0.5) is 0 Å². The minimum absolute atomic E-state index is 0.200. The van der Waals surface area contributed by atoms with E-state index in [1.165, 1.54) is 24.0 Å². The van der Waals surface area contributed by atoms with E-state index in [9.17, 15) is 4.79 Å². The third-order valence-electron chi connectivity index (χ3n) is 4.53. The maximum absolute atomic E-state index is 11.8. The summed E-state index contributed by atoms with van der Waals surface area (Å²) in [6, 6.07) is 5.92. The van der Waals surface area contributed by atoms with Gasteiger partial charge in [0.2, 0.25) is 0 Å². The minimum atomic E-state index is -0.316. The van der Waals surface area contributed by atoms with Crippen molar-refractivity contribution in [1.82, 2.24) is 10.6 Å². The van der Waals surface area contributed by atoms with E-state index in [4.69, 9.17) is 5.11 Å². The third-order valence-corrected chi connectivity index (χ3v) is 4.53. The number of carbonyl (C=O) groups excluding carboxylic acids is 1. The van der Waals surface area contributed by atoms with Crippen LogP contribution in [0, 0.1) is 5.41 Å². The van der Waals surface area contributed by atoms with E-state index >= 15 is 0 Å². The van der Waals surface area contributed by atoms with Crippen LogP contribution in [0.1, 0.15) is 34.3 Å². The molecule has 2 aliphatic rings. The summed E-state index contributed by atoms with van der Waals surface area (Å²) in [5, 5.41) is 14.7. The van der Waals surface area contributed by atoms with Crippen molar-refractivity contribution in [3.8, 4) is 0 Å². The number of carbonyl (C=O) groups is 1. The van der Waals surface area contributed by atoms with Gasteiger partial charge in [-0.25, -0.2) is 0 Å². The number of hydrogen-bond donors (Lipinski definition) is 3. The Kier molecular flexibility index (Phi) is 3.29. The summed E-state index contributed by atoms with van der Waals surface area (Å²) in [7, 11) is 0. The van der Waals surface area contributed by atoms with Crippen molar-refractivity contribution in [3.63, 3.8) is 0 Å². The molecule has 1 saturated heterocycles. The molecule has 1 fully saturated rings. The average Bonchev–Trinajstić information content (AvgIpc) is 2.86. The van der Waals surface area contributed by atoms with Gasteiger partial charge in [0.25, 0.3) is 5.91 Å². The zero-order valence-electron chi connectivity index (χ0n) is 11.0. The Morgan fingerprint density at radius 2 is 2.26 bits per heavy atom. The average molecular weight is 260 g/mol. The minimum Gasteiger partial charge on any atom is -0.376 e. The van der Waals surface area contributed by atoms with Gasteiger partial charge < -0.3 is 15.7 Å². The number of benzene rings is 1. The van der Waals surface area contributed by atoms with Crippen molar-refractivity contribution < 1.29 is 9.90 Å². The molecule has 1 aromatic carbocycles. The summed E-state index contributed by atoms with van der Waals surface area (Å²) in [6.45, 7) is 1.89. The highest BCUT2D eigenvalue weighted by Gasteiger charge is 2.36. The number of aliphatic hydroxyl groups excluding tert-OH is 1. The Labute approximate surface area is 113 Å². The van der Waals surface area contributed by atoms with Gasteiger partial charge in [-0.05, 0) is 60.9 Å². The molecule has 19 heavy (non-hydrogen) atoms. The summed E-state index contributed by atoms with van der Waals surface area (Å²) < 4.78 is 0. The monoisotopic (exact) mass is 260 g/mol. The van der Waals surface area contributed by atoms with Crippen LogP contribution in [0.5, 0.6) is 0 Å². The van der Waals surface area contributed by atoms with Crippen LogP contribution in [0.25, 0.3) is 0 Å². The van der Waals surface area contributed by atoms with E-state index in [2.05, 4.69) is 16.7 Å². The first kappa shape index (κ1) is 12.6. The maximum atomic E-state index is 11.8. The Hall–Kier alpha value is -1.39. The van der Waals surface area contributed by atoms with E-state index in [1.54, 1.807) is 0 Å². The largest absolute Gasteiger partial charge is 0.376 e. The summed E-state index contributed by atoms with van der Waals surface area (Å²) in [5.74, 6) is -0.200. The fourth-order valence-electron chi connectivity index (χ4n) is 3.40. The highest BCUT2D eigenvalue weighted by atomic mass is 16.3. The predicted octanol–water partition coefficient (Wildman–Crippen LogP) is 0.835. The summed E-state index contributed by atoms with van der Waals surface area (Å²) in [5.41, 5.74) is 3.73. The van der Waals surface area contributed by atoms with Crippen LogP contribution in [0.2, 0.25) is 0 Å². The molecule has 1 amide bonds. The van der Waals surface area contributed by atoms with Crippen LogP contribution in [0.15, 0.2) is 18.2 Å². The fraction of sp³-hybridized carbons (Fsp3) is 0.533. The Bertz CT molecular complexity index is 493. The molecule has 1 aliphatic carbocycles. The van der Waals surface area contributed by atoms with E-state index < -0.39 is 0 Å². The van der Waals surface area contributed by atoms with Gasteiger partial charge in [0.05, 0.1) is 0 Å². The highest BCUT2D eigenvalue weighted by molar-refractivity contribution is 5.94. The van der Waals surface area contributed by atoms with E-state index in [-0.39, 0.29) is 12.6 Å². The smallest absolute Gasteiger partial charge is 0.253 e. The zero-order valence-corrected chi connectivity index (χ0v) is 11.0. The molecule has 1 aromatic rings. The summed E-state index contributed by atoms with van der Waals surface area (Å²) in [6.07, 6.45) is 4.66. The molecule has 0 bridgehead atoms. The number of aliphatic hydroxyl groups is 1. The second-order valence-corrected chi connectivity index (χ2v) is 5.75. The van der Waals surface area contributed by atoms with Crippen LogP contribution >= 0.6 is 0 Å². The normalized spacial score (nSPS) is 25.3. The molecule has 0 aromatic heterocycles. The Morgan fingerprint density at radius 3 is 3.00 bits per heavy atom. The number of hydrogen-bond acceptors (Lipinski definition) is 3. The van der Waals surface area contributed by atoms with Crippen LogP contribution < -0.4 is 10.6 Å². The first-order valence-corrected chi connectivity index (χ1v) is 6.94. The Balaban J connectivity index is 1.85. The lowest BCUT2D eigenvalue weighted by atomic mass is 9.71. The topological polar surface area (TPSA) is 61.4 Å². The standard InChI is InChI=1S/C15H20N2O2/c18-10-17-14(19)12-2-1-11-3-4-15(5-6-16-9-15)8-13(11)7-12/h1-2,7,16,18H,3-6,8-10H2,(H,17,19). The van der Waals surface area contributed by atoms with Gasteiger partial charge in [0.1, 0.15) is 6.73 Å². The molecule has 1 spiro atoms. The van der Waals surface area contributed by atoms with Gasteiger partial charge in [-0.3, -0.25) is 4.79 Å². The van der Waals surface area contributed by atoms with Crippen LogP contribution in [0.3, 0.4) is 0 Å². The number of aryl methyl sites for hydroxylation is 1. The quantitative estimate of drug-likeness (QED) is 0.690. The molecule has 3 N–H and O–H groups in total. The number of rotatable bonds is 2. The first-order chi connectivity index (χ1) is 9.22. The van der Waals surface area contributed by atoms with E-state index in [1.807, 2.05) is 12.1 Å². The van der Waals surface area contributed by atoms with E-state index in [0.717, 1.165) is 25.9 Å². The maximum Gasteiger partial charge on any atom is 0.253 e. The van der Waals surface area contributed by atoms with Crippen molar-refractivity contribution >= 4 is 5.91 Å². The molecule has 0 radical (unpaired) electrons. The molecule has 3 rings (SSSR count). The van der Waals surface area contributed by atoms with Crippen molar-refractivity contribution in [3.05, 3.63) is 34.9 Å². The molecule has 1 unspecified atom stereocenters. The SMILES string of the molecule is O=C(NCO)c1ccc2c(c1)CC1(CCNC1)CC2. The van der Waals surface area contributed by atoms with Crippen molar-refractivity contribution in [2.24, 2.45) is 5.41 Å². The van der Waals surface area contributed by atoms with Crippen molar-refractivity contribution in [2.45, 2.75) is 25.7 Å². The number of amides is 1. The fourth-order valence-corrected chi connectivity index (χ4v) is 3.40. The second-order valence-electron chi connectivity index (χ2n) is 5.75. The summed E-state index contributed by atoms with van der Waals surface area (Å²) in [4.78, 5) is 11.8. The van der Waals surface area contributed by atoms with Gasteiger partial charge in [-0.2, -0.15) is 0 Å². The second kappa shape index (κ2) is 4.94. The van der Waals surface area contributed by atoms with E-state index in [0.29, 0.717) is 11.0 Å². The lowest BCUT2D eigenvalue weighted by Crippen LogP contribution is -2.31. The molecule has 1 aliphatic heterocycles. The van der Waals surface area contributed by atoms with Gasteiger partial charge in [-0.1, -0.05) is 6.07 Å². The van der Waals surface area contributed by atoms with Gasteiger partial charge in [-0.15, -0.1) is 0 Å². The lowest BCUT2D eigenvalue weighted by molar-refractivity contribution is 0.0910. The predicted molar refractivity (Wildman–Crippen MR) is 72.9 cm³/mol. The summed E-state index contributed by atoms with van der Waals surface area (Å²) >= 11 is 0. The van der Waals surface area contributed by atoms with Gasteiger partial charge in [0.15, 0.2) is 0 Å². The van der Waals surface area contributed by atoms with Gasteiger partial charge >= 0.3 is 0 Å². The van der Waals surface area contributed by atoms with Crippen molar-refractivity contribution in [2.75, 3.05) is 19.8 Å². The molecular weight excluding hydrogens is 240 g/mol. The molecule has 102 valence electrons. The molecule has 1 heterocycles. The molecule has 1 atom stereocenters. The number of fused-ring (bicyclic) bond motifs is 1. The first-order valence-electron chi connectivity index (χ1n) is 6.94. The van der Waals surface area contributed by atoms with Crippen LogP contribution in [-0.2, 0) is 12.8 Å². The van der Waals surface area contributed by atoms with Gasteiger partial charge in [0, 0.05) is 12.1 Å². The number of nitrogens with one attached hydrogen (secondary N) is 2. The third kappa shape index (κ3) is 2.38. The molecule has 4 heteroatoms. The molecule has 4 nitrogen and oxygen atoms in total. The molecular formula is C15H20N2O2. The molecule has 0 saturated carbocycles. The highest BCUT2D eigenvalue weighted by Crippen LogP contribution is 2.40. The van der Waals surface area contributed by atoms with Crippen molar-refractivity contribution in [1.29, 1.82) is 0 Å². The Morgan fingerprint density at radius 1 is 1.37 bits per heavy atom. The van der Waals surface area contributed by atoms with Crippen LogP contribution in [-0.4, -0.2) is 30.8 Å².